The van der Waals surface area contributed by atoms with E-state index >= 15 is 0 Å². The maximum atomic E-state index is 11.6. The van der Waals surface area contributed by atoms with E-state index < -0.39 is 0 Å². The van der Waals surface area contributed by atoms with Crippen LogP contribution in [0.5, 0.6) is 0 Å². The van der Waals surface area contributed by atoms with Crippen LogP contribution in [-0.2, 0) is 11.2 Å². The highest BCUT2D eigenvalue weighted by Gasteiger charge is 2.01. The van der Waals surface area contributed by atoms with Crippen LogP contribution in [0.4, 0.5) is 0 Å². The van der Waals surface area contributed by atoms with Gasteiger partial charge in [-0.15, -0.1) is 0 Å². The molecular formula is C14H22N4O. The lowest BCUT2D eigenvalue weighted by molar-refractivity contribution is -0.120. The molecule has 0 heterocycles. The third-order valence-electron chi connectivity index (χ3n) is 2.47. The molecule has 0 aromatic heterocycles. The number of rotatable bonds is 7. The molecule has 1 rings (SSSR count). The first-order valence-corrected chi connectivity index (χ1v) is 6.56. The maximum Gasteiger partial charge on any atom is 0.224 e. The fourth-order valence-corrected chi connectivity index (χ4v) is 1.52. The SMILES string of the molecule is CCCN=C(N)NCCNC(=O)Cc1ccccc1. The van der Waals surface area contributed by atoms with Gasteiger partial charge >= 0.3 is 0 Å². The Balaban J connectivity index is 2.14. The number of carbonyl (C=O) groups is 1. The van der Waals surface area contributed by atoms with E-state index in [1.807, 2.05) is 37.3 Å². The fraction of sp³-hybridized carbons (Fsp3) is 0.429. The van der Waals surface area contributed by atoms with Gasteiger partial charge in [0.05, 0.1) is 6.42 Å². The normalized spacial score (nSPS) is 11.1. The first-order chi connectivity index (χ1) is 9.22. The van der Waals surface area contributed by atoms with Crippen molar-refractivity contribution in [2.45, 2.75) is 19.8 Å². The zero-order valence-electron chi connectivity index (χ0n) is 11.4. The Morgan fingerprint density at radius 3 is 2.58 bits per heavy atom. The monoisotopic (exact) mass is 262 g/mol. The van der Waals surface area contributed by atoms with Crippen molar-refractivity contribution in [3.8, 4) is 0 Å². The standard InChI is InChI=1S/C14H22N4O/c1-2-8-17-14(15)18-10-9-16-13(19)11-12-6-4-3-5-7-12/h3-7H,2,8-11H2,1H3,(H,16,19)(H3,15,17,18). The lowest BCUT2D eigenvalue weighted by Crippen LogP contribution is -2.38. The number of amides is 1. The molecule has 0 fully saturated rings. The van der Waals surface area contributed by atoms with Crippen molar-refractivity contribution in [3.05, 3.63) is 35.9 Å². The number of nitrogens with two attached hydrogens (primary N) is 1. The smallest absolute Gasteiger partial charge is 0.224 e. The second kappa shape index (κ2) is 8.97. The molecule has 4 N–H and O–H groups in total. The first kappa shape index (κ1) is 15.0. The van der Waals surface area contributed by atoms with E-state index in [1.54, 1.807) is 0 Å². The Labute approximate surface area is 114 Å². The second-order valence-electron chi connectivity index (χ2n) is 4.21. The molecular weight excluding hydrogens is 240 g/mol. The second-order valence-corrected chi connectivity index (χ2v) is 4.21. The van der Waals surface area contributed by atoms with Crippen molar-refractivity contribution < 1.29 is 4.79 Å². The van der Waals surface area contributed by atoms with Crippen molar-refractivity contribution in [3.63, 3.8) is 0 Å². The summed E-state index contributed by atoms with van der Waals surface area (Å²) in [5.74, 6) is 0.441. The molecule has 5 nitrogen and oxygen atoms in total. The van der Waals surface area contributed by atoms with Crippen LogP contribution < -0.4 is 16.4 Å². The Bertz CT molecular complexity index is 403. The lowest BCUT2D eigenvalue weighted by Gasteiger charge is -2.07. The predicted molar refractivity (Wildman–Crippen MR) is 77.9 cm³/mol. The molecule has 0 aliphatic carbocycles. The summed E-state index contributed by atoms with van der Waals surface area (Å²) in [5, 5.41) is 5.78. The number of hydrogen-bond acceptors (Lipinski definition) is 2. The van der Waals surface area contributed by atoms with Gasteiger partial charge in [-0.05, 0) is 12.0 Å². The quantitative estimate of drug-likeness (QED) is 0.384. The van der Waals surface area contributed by atoms with Crippen LogP contribution in [0.2, 0.25) is 0 Å². The summed E-state index contributed by atoms with van der Waals surface area (Å²) in [7, 11) is 0. The third kappa shape index (κ3) is 7.08. The van der Waals surface area contributed by atoms with Gasteiger partial charge in [-0.1, -0.05) is 37.3 Å². The van der Waals surface area contributed by atoms with Gasteiger partial charge < -0.3 is 16.4 Å². The van der Waals surface area contributed by atoms with E-state index in [-0.39, 0.29) is 5.91 Å². The summed E-state index contributed by atoms with van der Waals surface area (Å²) in [6.07, 6.45) is 1.37. The highest BCUT2D eigenvalue weighted by molar-refractivity contribution is 5.79. The molecule has 0 atom stereocenters. The summed E-state index contributed by atoms with van der Waals surface area (Å²) >= 11 is 0. The highest BCUT2D eigenvalue weighted by Crippen LogP contribution is 1.98. The van der Waals surface area contributed by atoms with Crippen molar-refractivity contribution in [1.82, 2.24) is 10.6 Å². The summed E-state index contributed by atoms with van der Waals surface area (Å²) < 4.78 is 0. The van der Waals surface area contributed by atoms with E-state index in [9.17, 15) is 4.79 Å². The molecule has 0 aliphatic rings. The van der Waals surface area contributed by atoms with Crippen molar-refractivity contribution in [1.29, 1.82) is 0 Å². The summed E-state index contributed by atoms with van der Waals surface area (Å²) in [5.41, 5.74) is 6.64. The van der Waals surface area contributed by atoms with Crippen molar-refractivity contribution in [2.75, 3.05) is 19.6 Å². The van der Waals surface area contributed by atoms with Crippen molar-refractivity contribution in [2.24, 2.45) is 10.7 Å². The number of benzene rings is 1. The maximum absolute atomic E-state index is 11.6. The molecule has 104 valence electrons. The minimum absolute atomic E-state index is 0.0112. The number of aliphatic imine (C=N–C) groups is 1. The number of carbonyl (C=O) groups excluding carboxylic acids is 1. The lowest BCUT2D eigenvalue weighted by atomic mass is 10.1. The number of hydrogen-bond donors (Lipinski definition) is 3. The topological polar surface area (TPSA) is 79.5 Å². The number of guanidine groups is 1. The van der Waals surface area contributed by atoms with Gasteiger partial charge in [0.2, 0.25) is 5.91 Å². The van der Waals surface area contributed by atoms with Gasteiger partial charge in [-0.25, -0.2) is 0 Å². The van der Waals surface area contributed by atoms with Gasteiger partial charge in [0, 0.05) is 19.6 Å². The molecule has 19 heavy (non-hydrogen) atoms. The van der Waals surface area contributed by atoms with Crippen LogP contribution in [0.1, 0.15) is 18.9 Å². The fourth-order valence-electron chi connectivity index (χ4n) is 1.52. The molecule has 0 aliphatic heterocycles. The minimum Gasteiger partial charge on any atom is -0.370 e. The highest BCUT2D eigenvalue weighted by atomic mass is 16.1. The van der Waals surface area contributed by atoms with E-state index in [4.69, 9.17) is 5.73 Å². The molecule has 0 bridgehead atoms. The van der Waals surface area contributed by atoms with E-state index in [0.717, 1.165) is 18.5 Å². The predicted octanol–water partition coefficient (Wildman–Crippen LogP) is 0.660. The van der Waals surface area contributed by atoms with Gasteiger partial charge in [0.1, 0.15) is 0 Å². The largest absolute Gasteiger partial charge is 0.370 e. The van der Waals surface area contributed by atoms with Crippen molar-refractivity contribution >= 4 is 11.9 Å². The van der Waals surface area contributed by atoms with Crippen LogP contribution in [0, 0.1) is 0 Å². The molecule has 1 amide bonds. The zero-order chi connectivity index (χ0) is 13.9. The van der Waals surface area contributed by atoms with Crippen LogP contribution in [0.25, 0.3) is 0 Å². The molecule has 0 spiro atoms. The van der Waals surface area contributed by atoms with Gasteiger partial charge in [-0.2, -0.15) is 0 Å². The van der Waals surface area contributed by atoms with E-state index in [1.165, 1.54) is 0 Å². The average Bonchev–Trinajstić information content (AvgIpc) is 2.42. The first-order valence-electron chi connectivity index (χ1n) is 6.56. The van der Waals surface area contributed by atoms with Crippen LogP contribution in [0.15, 0.2) is 35.3 Å². The Morgan fingerprint density at radius 1 is 1.21 bits per heavy atom. The van der Waals surface area contributed by atoms with Gasteiger partial charge in [0.25, 0.3) is 0 Å². The van der Waals surface area contributed by atoms with E-state index in [2.05, 4.69) is 15.6 Å². The number of nitrogens with one attached hydrogen (secondary N) is 2. The molecule has 1 aromatic rings. The minimum atomic E-state index is 0.0112. The third-order valence-corrected chi connectivity index (χ3v) is 2.47. The number of nitrogens with zero attached hydrogens (tertiary/aromatic N) is 1. The van der Waals surface area contributed by atoms with Crippen LogP contribution in [-0.4, -0.2) is 31.5 Å². The summed E-state index contributed by atoms with van der Waals surface area (Å²) in [6, 6.07) is 9.66. The zero-order valence-corrected chi connectivity index (χ0v) is 11.4. The molecule has 0 radical (unpaired) electrons. The molecule has 1 aromatic carbocycles. The Hall–Kier alpha value is -2.04. The summed E-state index contributed by atoms with van der Waals surface area (Å²) in [6.45, 7) is 3.88. The van der Waals surface area contributed by atoms with E-state index in [0.29, 0.717) is 25.5 Å². The Kier molecular flexibility index (Phi) is 7.09. The average molecular weight is 262 g/mol. The van der Waals surface area contributed by atoms with Gasteiger partial charge in [-0.3, -0.25) is 9.79 Å². The molecule has 0 saturated heterocycles. The summed E-state index contributed by atoms with van der Waals surface area (Å²) in [4.78, 5) is 15.7. The van der Waals surface area contributed by atoms with Crippen LogP contribution in [0.3, 0.4) is 0 Å². The Morgan fingerprint density at radius 2 is 1.89 bits per heavy atom. The molecule has 0 saturated carbocycles. The van der Waals surface area contributed by atoms with Gasteiger partial charge in [0.15, 0.2) is 5.96 Å². The molecule has 0 unspecified atom stereocenters. The van der Waals surface area contributed by atoms with Crippen LogP contribution >= 0.6 is 0 Å². The molecule has 5 heteroatoms.